The number of allylic oxidation sites excluding steroid dienone is 2. The molecule has 0 amide bonds. The van der Waals surface area contributed by atoms with Crippen LogP contribution in [0.15, 0.2) is 11.6 Å². The zero-order chi connectivity index (χ0) is 10.7. The molecule has 0 aromatic carbocycles. The van der Waals surface area contributed by atoms with E-state index in [0.29, 0.717) is 6.08 Å². The van der Waals surface area contributed by atoms with E-state index in [9.17, 15) is 26.3 Å². The largest absolute Gasteiger partial charge is 0.412 e. The molecule has 0 heterocycles. The first-order chi connectivity index (χ1) is 5.67. The molecule has 0 aliphatic rings. The van der Waals surface area contributed by atoms with E-state index in [-0.39, 0.29) is 6.42 Å². The molecule has 0 nitrogen and oxygen atoms in total. The quantitative estimate of drug-likeness (QED) is 0.475. The highest BCUT2D eigenvalue weighted by Gasteiger charge is 2.40. The fourth-order valence-corrected chi connectivity index (χ4v) is 0.750. The lowest BCUT2D eigenvalue weighted by molar-refractivity contribution is -0.151. The average molecular weight is 206 g/mol. The third-order valence-electron chi connectivity index (χ3n) is 1.21. The van der Waals surface area contributed by atoms with E-state index in [1.807, 2.05) is 0 Å². The maximum atomic E-state index is 11.9. The molecule has 0 saturated heterocycles. The number of alkyl halides is 6. The van der Waals surface area contributed by atoms with Crippen molar-refractivity contribution in [2.24, 2.45) is 0 Å². The lowest BCUT2D eigenvalue weighted by Gasteiger charge is -2.13. The van der Waals surface area contributed by atoms with E-state index in [0.717, 1.165) is 0 Å². The second kappa shape index (κ2) is 4.02. The second-order valence-electron chi connectivity index (χ2n) is 2.43. The summed E-state index contributed by atoms with van der Waals surface area (Å²) in [5.74, 6) is 0. The summed E-state index contributed by atoms with van der Waals surface area (Å²) in [6, 6.07) is 0. The van der Waals surface area contributed by atoms with Crippen LogP contribution in [0.2, 0.25) is 0 Å². The van der Waals surface area contributed by atoms with E-state index in [1.54, 1.807) is 0 Å². The highest BCUT2D eigenvalue weighted by atomic mass is 19.4. The summed E-state index contributed by atoms with van der Waals surface area (Å²) in [6.07, 6.45) is -11.1. The van der Waals surface area contributed by atoms with Gasteiger partial charge >= 0.3 is 12.4 Å². The molecule has 0 aliphatic carbocycles. The average Bonchev–Trinajstić information content (AvgIpc) is 1.81. The van der Waals surface area contributed by atoms with Gasteiger partial charge in [-0.05, 0) is 6.42 Å². The Hall–Kier alpha value is -0.680. The van der Waals surface area contributed by atoms with Crippen LogP contribution in [-0.4, -0.2) is 12.4 Å². The van der Waals surface area contributed by atoms with Gasteiger partial charge in [0, 0.05) is 5.57 Å². The number of halogens is 6. The minimum absolute atomic E-state index is 0.0646. The predicted octanol–water partition coefficient (Wildman–Crippen LogP) is 3.84. The predicted molar refractivity (Wildman–Crippen MR) is 35.1 cm³/mol. The Morgan fingerprint density at radius 1 is 1.08 bits per heavy atom. The molecule has 0 atom stereocenters. The fourth-order valence-electron chi connectivity index (χ4n) is 0.750. The Bertz CT molecular complexity index is 184. The van der Waals surface area contributed by atoms with Gasteiger partial charge in [0.1, 0.15) is 0 Å². The molecular weight excluding hydrogens is 198 g/mol. The van der Waals surface area contributed by atoms with Gasteiger partial charge in [0.25, 0.3) is 0 Å². The third kappa shape index (κ3) is 5.54. The van der Waals surface area contributed by atoms with Crippen molar-refractivity contribution in [3.63, 3.8) is 0 Å². The Labute approximate surface area is 71.2 Å². The van der Waals surface area contributed by atoms with Gasteiger partial charge in [-0.3, -0.25) is 0 Å². The molecule has 13 heavy (non-hydrogen) atoms. The van der Waals surface area contributed by atoms with E-state index in [1.165, 1.54) is 6.92 Å². The smallest absolute Gasteiger partial charge is 0.171 e. The molecular formula is C7H8F6. The van der Waals surface area contributed by atoms with Crippen molar-refractivity contribution < 1.29 is 26.3 Å². The number of hydrogen-bond acceptors (Lipinski definition) is 0. The van der Waals surface area contributed by atoms with Gasteiger partial charge in [0.2, 0.25) is 0 Å². The first-order valence-corrected chi connectivity index (χ1v) is 3.50. The van der Waals surface area contributed by atoms with Gasteiger partial charge < -0.3 is 0 Å². The van der Waals surface area contributed by atoms with E-state index >= 15 is 0 Å². The van der Waals surface area contributed by atoms with Gasteiger partial charge in [-0.15, -0.1) is 0 Å². The molecule has 0 aliphatic heterocycles. The lowest BCUT2D eigenvalue weighted by atomic mass is 10.1. The molecule has 0 N–H and O–H groups in total. The molecule has 0 radical (unpaired) electrons. The minimum Gasteiger partial charge on any atom is -0.171 e. The monoisotopic (exact) mass is 206 g/mol. The number of rotatable bonds is 2. The maximum Gasteiger partial charge on any atom is 0.412 e. The fraction of sp³-hybridized carbons (Fsp3) is 0.714. The van der Waals surface area contributed by atoms with Crippen LogP contribution < -0.4 is 0 Å². The SMILES string of the molecule is CC/C=C(/CC(F)(F)F)C(F)(F)F. The highest BCUT2D eigenvalue weighted by molar-refractivity contribution is 5.09. The van der Waals surface area contributed by atoms with Gasteiger partial charge in [-0.25, -0.2) is 0 Å². The van der Waals surface area contributed by atoms with Crippen LogP contribution in [0.3, 0.4) is 0 Å². The number of hydrogen-bond donors (Lipinski definition) is 0. The van der Waals surface area contributed by atoms with Crippen LogP contribution in [0.5, 0.6) is 0 Å². The highest BCUT2D eigenvalue weighted by Crippen LogP contribution is 2.35. The van der Waals surface area contributed by atoms with Crippen LogP contribution in [0.4, 0.5) is 26.3 Å². The van der Waals surface area contributed by atoms with Crippen molar-refractivity contribution in [2.75, 3.05) is 0 Å². The van der Waals surface area contributed by atoms with Crippen molar-refractivity contribution in [3.8, 4) is 0 Å². The summed E-state index contributed by atoms with van der Waals surface area (Å²) in [5.41, 5.74) is -1.53. The Kier molecular flexibility index (Phi) is 3.81. The van der Waals surface area contributed by atoms with Gasteiger partial charge in [-0.2, -0.15) is 26.3 Å². The summed E-state index contributed by atoms with van der Waals surface area (Å²) in [6.45, 7) is 1.35. The zero-order valence-electron chi connectivity index (χ0n) is 6.76. The molecule has 0 aromatic rings. The molecule has 0 bridgehead atoms. The van der Waals surface area contributed by atoms with Crippen LogP contribution in [0.25, 0.3) is 0 Å². The van der Waals surface area contributed by atoms with E-state index < -0.39 is 24.3 Å². The van der Waals surface area contributed by atoms with Gasteiger partial charge in [0.05, 0.1) is 6.42 Å². The first-order valence-electron chi connectivity index (χ1n) is 3.50. The summed E-state index contributed by atoms with van der Waals surface area (Å²) in [7, 11) is 0. The van der Waals surface area contributed by atoms with E-state index in [2.05, 4.69) is 0 Å². The summed E-state index contributed by atoms with van der Waals surface area (Å²) in [4.78, 5) is 0. The zero-order valence-corrected chi connectivity index (χ0v) is 6.76. The van der Waals surface area contributed by atoms with Crippen molar-refractivity contribution in [2.45, 2.75) is 32.1 Å². The second-order valence-corrected chi connectivity index (χ2v) is 2.43. The van der Waals surface area contributed by atoms with Gasteiger partial charge in [0.15, 0.2) is 0 Å². The van der Waals surface area contributed by atoms with Crippen molar-refractivity contribution in [3.05, 3.63) is 11.6 Å². The van der Waals surface area contributed by atoms with Crippen LogP contribution in [-0.2, 0) is 0 Å². The summed E-state index contributed by atoms with van der Waals surface area (Å²) >= 11 is 0. The lowest BCUT2D eigenvalue weighted by Crippen LogP contribution is -2.19. The first kappa shape index (κ1) is 12.3. The molecule has 78 valence electrons. The molecule has 0 rings (SSSR count). The van der Waals surface area contributed by atoms with Crippen LogP contribution in [0, 0.1) is 0 Å². The normalized spacial score (nSPS) is 14.8. The van der Waals surface area contributed by atoms with Crippen molar-refractivity contribution in [1.82, 2.24) is 0 Å². The Morgan fingerprint density at radius 3 is 1.77 bits per heavy atom. The Balaban J connectivity index is 4.57. The van der Waals surface area contributed by atoms with Gasteiger partial charge in [-0.1, -0.05) is 13.0 Å². The Morgan fingerprint density at radius 2 is 1.54 bits per heavy atom. The molecule has 0 fully saturated rings. The van der Waals surface area contributed by atoms with Crippen LogP contribution >= 0.6 is 0 Å². The van der Waals surface area contributed by atoms with E-state index in [4.69, 9.17) is 0 Å². The molecule has 0 aromatic heterocycles. The standard InChI is InChI=1S/C7H8F6/c1-2-3-5(7(11,12)13)4-6(8,9)10/h3H,2,4H2,1H3/b5-3-. The van der Waals surface area contributed by atoms with Crippen LogP contribution in [0.1, 0.15) is 19.8 Å². The minimum atomic E-state index is -4.88. The summed E-state index contributed by atoms with van der Waals surface area (Å²) in [5, 5.41) is 0. The topological polar surface area (TPSA) is 0 Å². The maximum absolute atomic E-state index is 11.9. The van der Waals surface area contributed by atoms with Crippen molar-refractivity contribution in [1.29, 1.82) is 0 Å². The molecule has 0 spiro atoms. The molecule has 0 unspecified atom stereocenters. The summed E-state index contributed by atoms with van der Waals surface area (Å²) < 4.78 is 70.5. The third-order valence-corrected chi connectivity index (χ3v) is 1.21. The molecule has 0 saturated carbocycles. The molecule has 6 heteroatoms. The van der Waals surface area contributed by atoms with Crippen molar-refractivity contribution >= 4 is 0 Å².